The molecule has 4 N–H and O–H groups in total. The van der Waals surface area contributed by atoms with E-state index >= 15 is 0 Å². The molecule has 0 unspecified atom stereocenters. The zero-order valence-electron chi connectivity index (χ0n) is 27.1. The number of rotatable bonds is 12. The Morgan fingerprint density at radius 2 is 1.81 bits per heavy atom. The highest BCUT2D eigenvalue weighted by atomic mass is 32.2. The molecule has 9 nitrogen and oxygen atoms in total. The van der Waals surface area contributed by atoms with Gasteiger partial charge in [0.05, 0.1) is 25.0 Å². The molecule has 1 aliphatic rings. The number of benzene rings is 3. The van der Waals surface area contributed by atoms with Gasteiger partial charge in [0, 0.05) is 41.1 Å². The number of thioether (sulfide) groups is 2. The van der Waals surface area contributed by atoms with Crippen LogP contribution in [0.4, 0.5) is 10.5 Å². The fourth-order valence-corrected chi connectivity index (χ4v) is 7.04. The number of nitrogens with one attached hydrogen (secondary N) is 4. The SMILES string of the molecule is CNC(=O)NCc1ccccc1-c1ccc(CN2C(=O)[C@H](NC(=O)CC(C)(C)NCc3ccco3)CSc3cc(SC)ccc32)cc1. The monoisotopic (exact) mass is 671 g/mol. The second kappa shape index (κ2) is 15.6. The molecular weight excluding hydrogens is 631 g/mol. The van der Waals surface area contributed by atoms with E-state index in [-0.39, 0.29) is 24.3 Å². The molecule has 4 amide bonds. The first-order valence-corrected chi connectivity index (χ1v) is 17.7. The normalized spacial score (nSPS) is 14.7. The summed E-state index contributed by atoms with van der Waals surface area (Å²) in [7, 11) is 1.59. The Labute approximate surface area is 284 Å². The molecule has 2 heterocycles. The molecule has 0 fully saturated rings. The maximum atomic E-state index is 14.2. The molecular formula is C36H41N5O4S2. The molecule has 1 aromatic heterocycles. The number of nitrogens with zero attached hydrogens (tertiary/aromatic N) is 1. The topological polar surface area (TPSA) is 116 Å². The third-order valence-corrected chi connectivity index (χ3v) is 9.84. The van der Waals surface area contributed by atoms with Gasteiger partial charge in [-0.05, 0) is 72.7 Å². The smallest absolute Gasteiger partial charge is 0.314 e. The van der Waals surface area contributed by atoms with Crippen LogP contribution in [-0.4, -0.2) is 48.5 Å². The van der Waals surface area contributed by atoms with E-state index in [1.165, 1.54) is 0 Å². The Balaban J connectivity index is 1.33. The maximum Gasteiger partial charge on any atom is 0.314 e. The maximum absolute atomic E-state index is 14.2. The number of hydrogen-bond donors (Lipinski definition) is 4. The molecule has 4 aromatic rings. The molecule has 3 aromatic carbocycles. The highest BCUT2D eigenvalue weighted by molar-refractivity contribution is 8.00. The zero-order valence-corrected chi connectivity index (χ0v) is 28.7. The Morgan fingerprint density at radius 1 is 1.02 bits per heavy atom. The van der Waals surface area contributed by atoms with Crippen LogP contribution in [-0.2, 0) is 29.2 Å². The molecule has 246 valence electrons. The van der Waals surface area contributed by atoms with Crippen molar-refractivity contribution in [3.63, 3.8) is 0 Å². The molecule has 47 heavy (non-hydrogen) atoms. The predicted octanol–water partition coefficient (Wildman–Crippen LogP) is 6.18. The second-order valence-corrected chi connectivity index (χ2v) is 13.9. The summed E-state index contributed by atoms with van der Waals surface area (Å²) >= 11 is 3.25. The number of carbonyl (C=O) groups excluding carboxylic acids is 3. The third kappa shape index (κ3) is 9.00. The summed E-state index contributed by atoms with van der Waals surface area (Å²) in [6.07, 6.45) is 3.86. The van der Waals surface area contributed by atoms with E-state index in [0.29, 0.717) is 25.4 Å². The van der Waals surface area contributed by atoms with Gasteiger partial charge in [0.15, 0.2) is 0 Å². The zero-order chi connectivity index (χ0) is 33.4. The molecule has 0 spiro atoms. The minimum atomic E-state index is -0.683. The van der Waals surface area contributed by atoms with Gasteiger partial charge < -0.3 is 30.6 Å². The van der Waals surface area contributed by atoms with E-state index in [2.05, 4.69) is 27.3 Å². The number of carbonyl (C=O) groups is 3. The largest absolute Gasteiger partial charge is 0.468 e. The van der Waals surface area contributed by atoms with Crippen molar-refractivity contribution in [1.82, 2.24) is 21.3 Å². The van der Waals surface area contributed by atoms with Crippen LogP contribution >= 0.6 is 23.5 Å². The van der Waals surface area contributed by atoms with Crippen molar-refractivity contribution in [3.05, 3.63) is 102 Å². The second-order valence-electron chi connectivity index (χ2n) is 12.0. The number of urea groups is 1. The van der Waals surface area contributed by atoms with Crippen LogP contribution in [0.1, 0.15) is 37.2 Å². The lowest BCUT2D eigenvalue weighted by atomic mass is 9.98. The van der Waals surface area contributed by atoms with Crippen LogP contribution in [0.2, 0.25) is 0 Å². The van der Waals surface area contributed by atoms with Crippen LogP contribution in [0.15, 0.2) is 99.3 Å². The molecule has 11 heteroatoms. The van der Waals surface area contributed by atoms with Crippen LogP contribution < -0.4 is 26.2 Å². The summed E-state index contributed by atoms with van der Waals surface area (Å²) in [6.45, 7) is 5.19. The fraction of sp³-hybridized carbons (Fsp3) is 0.306. The molecule has 1 atom stereocenters. The van der Waals surface area contributed by atoms with Crippen molar-refractivity contribution in [3.8, 4) is 11.1 Å². The number of amides is 4. The van der Waals surface area contributed by atoms with Gasteiger partial charge in [-0.3, -0.25) is 9.59 Å². The van der Waals surface area contributed by atoms with Gasteiger partial charge >= 0.3 is 6.03 Å². The van der Waals surface area contributed by atoms with Crippen molar-refractivity contribution < 1.29 is 18.8 Å². The van der Waals surface area contributed by atoms with Crippen molar-refractivity contribution in [1.29, 1.82) is 0 Å². The summed E-state index contributed by atoms with van der Waals surface area (Å²) in [6, 6.07) is 25.1. The average molecular weight is 672 g/mol. The minimum Gasteiger partial charge on any atom is -0.468 e. The standard InChI is InChI=1S/C36H41N5O4S2/c1-36(2,39-21-27-9-7-17-45-27)19-33(42)40-30-23-47-32-18-28(46-4)15-16-31(32)41(34(30)43)22-24-11-13-25(14-12-24)29-10-6-5-8-26(29)20-38-35(44)37-3/h5-18,30,39H,19-23H2,1-4H3,(H,40,42)(H2,37,38,44)/t30-/m1/s1. The van der Waals surface area contributed by atoms with E-state index in [1.807, 2.05) is 92.9 Å². The molecule has 0 radical (unpaired) electrons. The van der Waals surface area contributed by atoms with E-state index < -0.39 is 11.6 Å². The molecule has 0 saturated heterocycles. The lowest BCUT2D eigenvalue weighted by Crippen LogP contribution is -2.51. The van der Waals surface area contributed by atoms with Crippen molar-refractivity contribution >= 4 is 47.1 Å². The number of hydrogen-bond acceptors (Lipinski definition) is 7. The first-order valence-electron chi connectivity index (χ1n) is 15.5. The molecule has 0 bridgehead atoms. The van der Waals surface area contributed by atoms with Gasteiger partial charge in [-0.25, -0.2) is 4.79 Å². The van der Waals surface area contributed by atoms with Crippen molar-refractivity contribution in [2.75, 3.05) is 24.0 Å². The lowest BCUT2D eigenvalue weighted by molar-refractivity contribution is -0.127. The van der Waals surface area contributed by atoms with Gasteiger partial charge in [-0.1, -0.05) is 48.5 Å². The Hall–Kier alpha value is -4.19. The minimum absolute atomic E-state index is 0.141. The summed E-state index contributed by atoms with van der Waals surface area (Å²) in [4.78, 5) is 43.1. The third-order valence-electron chi connectivity index (χ3n) is 7.98. The molecule has 0 saturated carbocycles. The summed E-state index contributed by atoms with van der Waals surface area (Å²) in [5.74, 6) is 0.900. The average Bonchev–Trinajstić information content (AvgIpc) is 3.57. The van der Waals surface area contributed by atoms with Gasteiger partial charge in [-0.2, -0.15) is 0 Å². The van der Waals surface area contributed by atoms with E-state index in [1.54, 1.807) is 41.7 Å². The lowest BCUT2D eigenvalue weighted by Gasteiger charge is -2.28. The summed E-state index contributed by atoms with van der Waals surface area (Å²) < 4.78 is 5.41. The fourth-order valence-electron chi connectivity index (χ4n) is 5.42. The van der Waals surface area contributed by atoms with E-state index in [0.717, 1.165) is 43.5 Å². The van der Waals surface area contributed by atoms with Crippen molar-refractivity contribution in [2.24, 2.45) is 0 Å². The Morgan fingerprint density at radius 3 is 2.53 bits per heavy atom. The highest BCUT2D eigenvalue weighted by Crippen LogP contribution is 2.38. The van der Waals surface area contributed by atoms with Crippen LogP contribution in [0.3, 0.4) is 0 Å². The molecule has 0 aliphatic carbocycles. The first-order chi connectivity index (χ1) is 22.7. The quantitative estimate of drug-likeness (QED) is 0.133. The number of furan rings is 1. The Kier molecular flexibility index (Phi) is 11.3. The number of anilines is 1. The van der Waals surface area contributed by atoms with Crippen LogP contribution in [0.25, 0.3) is 11.1 Å². The van der Waals surface area contributed by atoms with Gasteiger partial charge in [0.2, 0.25) is 5.91 Å². The predicted molar refractivity (Wildman–Crippen MR) is 189 cm³/mol. The van der Waals surface area contributed by atoms with Gasteiger partial charge in [0.25, 0.3) is 5.91 Å². The van der Waals surface area contributed by atoms with Crippen molar-refractivity contribution in [2.45, 2.75) is 61.3 Å². The van der Waals surface area contributed by atoms with E-state index in [9.17, 15) is 14.4 Å². The summed E-state index contributed by atoms with van der Waals surface area (Å²) in [5.41, 5.74) is 4.33. The summed E-state index contributed by atoms with van der Waals surface area (Å²) in [5, 5.41) is 11.9. The molecule has 1 aliphatic heterocycles. The van der Waals surface area contributed by atoms with Crippen LogP contribution in [0, 0.1) is 0 Å². The first kappa shape index (κ1) is 34.2. The van der Waals surface area contributed by atoms with E-state index in [4.69, 9.17) is 4.42 Å². The van der Waals surface area contributed by atoms with Gasteiger partial charge in [0.1, 0.15) is 11.8 Å². The highest BCUT2D eigenvalue weighted by Gasteiger charge is 2.33. The number of fused-ring (bicyclic) bond motifs is 1. The Bertz CT molecular complexity index is 1690. The van der Waals surface area contributed by atoms with Crippen LogP contribution in [0.5, 0.6) is 0 Å². The molecule has 5 rings (SSSR count). The van der Waals surface area contributed by atoms with Gasteiger partial charge in [-0.15, -0.1) is 23.5 Å².